The number of hydrogen-bond acceptors (Lipinski definition) is 1. The molecule has 0 aliphatic heterocycles. The summed E-state index contributed by atoms with van der Waals surface area (Å²) in [5.74, 6) is 0. The first-order chi connectivity index (χ1) is 2.81. The van der Waals surface area contributed by atoms with Gasteiger partial charge in [0.15, 0.2) is 0 Å². The van der Waals surface area contributed by atoms with Crippen molar-refractivity contribution in [2.75, 3.05) is 0 Å². The lowest BCUT2D eigenvalue weighted by molar-refractivity contribution is 1.52. The molecule has 0 unspecified atom stereocenters. The van der Waals surface area contributed by atoms with Crippen LogP contribution in [0.15, 0.2) is 10.6 Å². The van der Waals surface area contributed by atoms with Crippen LogP contribution in [0.3, 0.4) is 0 Å². The molecule has 0 amide bonds. The van der Waals surface area contributed by atoms with Gasteiger partial charge < -0.3 is 0 Å². The standard InChI is InChI=1S/C4H4BrN/c1-2-4(5)3-6/h2H,1H3/b4-2+. The van der Waals surface area contributed by atoms with Crippen molar-refractivity contribution in [3.8, 4) is 6.07 Å². The molecule has 0 atom stereocenters. The summed E-state index contributed by atoms with van der Waals surface area (Å²) in [7, 11) is 0. The molecule has 0 N–H and O–H groups in total. The van der Waals surface area contributed by atoms with Gasteiger partial charge >= 0.3 is 0 Å². The van der Waals surface area contributed by atoms with Gasteiger partial charge in [-0.1, -0.05) is 6.08 Å². The van der Waals surface area contributed by atoms with Gasteiger partial charge in [0.1, 0.15) is 6.07 Å². The van der Waals surface area contributed by atoms with Crippen LogP contribution in [0.4, 0.5) is 0 Å². The molecule has 0 radical (unpaired) electrons. The molecule has 0 saturated carbocycles. The Morgan fingerprint density at radius 1 is 2.00 bits per heavy atom. The third-order valence-electron chi connectivity index (χ3n) is 0.360. The van der Waals surface area contributed by atoms with Gasteiger partial charge in [0.2, 0.25) is 0 Å². The minimum Gasteiger partial charge on any atom is -0.192 e. The minimum atomic E-state index is 0.586. The molecular formula is C4H4BrN. The average Bonchev–Trinajstić information content (AvgIpc) is 1.65. The highest BCUT2D eigenvalue weighted by Gasteiger charge is 1.74. The Kier molecular flexibility index (Phi) is 2.78. The summed E-state index contributed by atoms with van der Waals surface area (Å²) >= 11 is 2.98. The third-order valence-corrected chi connectivity index (χ3v) is 0.995. The highest BCUT2D eigenvalue weighted by Crippen LogP contribution is 1.98. The van der Waals surface area contributed by atoms with Crippen LogP contribution in [0.5, 0.6) is 0 Å². The number of halogens is 1. The second kappa shape index (κ2) is 2.92. The van der Waals surface area contributed by atoms with Crippen LogP contribution in [-0.4, -0.2) is 0 Å². The van der Waals surface area contributed by atoms with Crippen molar-refractivity contribution in [1.29, 1.82) is 5.26 Å². The molecule has 0 heterocycles. The summed E-state index contributed by atoms with van der Waals surface area (Å²) in [5.41, 5.74) is 0. The molecule has 0 spiro atoms. The summed E-state index contributed by atoms with van der Waals surface area (Å²) < 4.78 is 0.586. The highest BCUT2D eigenvalue weighted by molar-refractivity contribution is 9.12. The van der Waals surface area contributed by atoms with E-state index >= 15 is 0 Å². The van der Waals surface area contributed by atoms with E-state index in [9.17, 15) is 0 Å². The minimum absolute atomic E-state index is 0.586. The van der Waals surface area contributed by atoms with E-state index in [2.05, 4.69) is 15.9 Å². The zero-order chi connectivity index (χ0) is 4.99. The fourth-order valence-corrected chi connectivity index (χ4v) is 0.0645. The van der Waals surface area contributed by atoms with Gasteiger partial charge in [-0.3, -0.25) is 0 Å². The molecule has 32 valence electrons. The van der Waals surface area contributed by atoms with Crippen molar-refractivity contribution in [3.05, 3.63) is 10.6 Å². The maximum atomic E-state index is 7.97. The van der Waals surface area contributed by atoms with Gasteiger partial charge in [0.05, 0.1) is 4.48 Å². The number of rotatable bonds is 0. The largest absolute Gasteiger partial charge is 0.192 e. The van der Waals surface area contributed by atoms with Crippen LogP contribution in [-0.2, 0) is 0 Å². The van der Waals surface area contributed by atoms with E-state index in [1.54, 1.807) is 13.0 Å². The first-order valence-corrected chi connectivity index (χ1v) is 2.32. The molecule has 0 aromatic heterocycles. The lowest BCUT2D eigenvalue weighted by Crippen LogP contribution is -1.51. The van der Waals surface area contributed by atoms with E-state index in [0.29, 0.717) is 4.48 Å². The van der Waals surface area contributed by atoms with E-state index < -0.39 is 0 Å². The lowest BCUT2D eigenvalue weighted by atomic mass is 10.6. The first kappa shape index (κ1) is 5.71. The normalized spacial score (nSPS) is 10.5. The van der Waals surface area contributed by atoms with Crippen molar-refractivity contribution < 1.29 is 0 Å². The van der Waals surface area contributed by atoms with E-state index in [1.165, 1.54) is 0 Å². The predicted molar refractivity (Wildman–Crippen MR) is 28.3 cm³/mol. The Labute approximate surface area is 45.4 Å². The van der Waals surface area contributed by atoms with Gasteiger partial charge in [0, 0.05) is 0 Å². The van der Waals surface area contributed by atoms with Gasteiger partial charge in [0.25, 0.3) is 0 Å². The Morgan fingerprint density at radius 3 is 2.50 bits per heavy atom. The Bertz CT molecular complexity index is 98.6. The maximum absolute atomic E-state index is 7.97. The van der Waals surface area contributed by atoms with Crippen LogP contribution in [0.2, 0.25) is 0 Å². The first-order valence-electron chi connectivity index (χ1n) is 1.53. The SMILES string of the molecule is C/C=C(/Br)C#N. The molecule has 0 aliphatic rings. The summed E-state index contributed by atoms with van der Waals surface area (Å²) in [6, 6.07) is 1.89. The number of allylic oxidation sites excluding steroid dienone is 2. The van der Waals surface area contributed by atoms with Crippen molar-refractivity contribution in [2.24, 2.45) is 0 Å². The summed E-state index contributed by atoms with van der Waals surface area (Å²) in [5, 5.41) is 7.97. The molecule has 2 heteroatoms. The zero-order valence-corrected chi connectivity index (χ0v) is 4.99. The molecule has 6 heavy (non-hydrogen) atoms. The molecule has 0 saturated heterocycles. The molecule has 0 aromatic rings. The monoisotopic (exact) mass is 145 g/mol. The van der Waals surface area contributed by atoms with Gasteiger partial charge in [-0.25, -0.2) is 0 Å². The fraction of sp³-hybridized carbons (Fsp3) is 0.250. The molecule has 0 fully saturated rings. The van der Waals surface area contributed by atoms with Crippen LogP contribution < -0.4 is 0 Å². The maximum Gasteiger partial charge on any atom is 0.106 e. The second-order valence-electron chi connectivity index (χ2n) is 0.748. The Balaban J connectivity index is 3.61. The molecule has 0 aromatic carbocycles. The quantitative estimate of drug-likeness (QED) is 0.478. The van der Waals surface area contributed by atoms with Crippen LogP contribution in [0.25, 0.3) is 0 Å². The molecule has 0 aliphatic carbocycles. The average molecular weight is 146 g/mol. The number of hydrogen-bond donors (Lipinski definition) is 0. The molecule has 0 bridgehead atoms. The van der Waals surface area contributed by atoms with Gasteiger partial charge in [-0.2, -0.15) is 5.26 Å². The van der Waals surface area contributed by atoms with Crippen molar-refractivity contribution >= 4 is 15.9 Å². The summed E-state index contributed by atoms with van der Waals surface area (Å²) in [6.45, 7) is 1.80. The number of nitriles is 1. The van der Waals surface area contributed by atoms with E-state index in [4.69, 9.17) is 5.26 Å². The van der Waals surface area contributed by atoms with Gasteiger partial charge in [-0.05, 0) is 22.9 Å². The molecule has 0 rings (SSSR count). The highest BCUT2D eigenvalue weighted by atomic mass is 79.9. The van der Waals surface area contributed by atoms with Crippen LogP contribution in [0.1, 0.15) is 6.92 Å². The third kappa shape index (κ3) is 1.98. The van der Waals surface area contributed by atoms with E-state index in [-0.39, 0.29) is 0 Å². The van der Waals surface area contributed by atoms with Crippen molar-refractivity contribution in [2.45, 2.75) is 6.92 Å². The topological polar surface area (TPSA) is 23.8 Å². The Hall–Kier alpha value is -0.290. The van der Waals surface area contributed by atoms with Crippen LogP contribution >= 0.6 is 15.9 Å². The summed E-state index contributed by atoms with van der Waals surface area (Å²) in [4.78, 5) is 0. The lowest BCUT2D eigenvalue weighted by Gasteiger charge is -1.67. The zero-order valence-electron chi connectivity index (χ0n) is 3.40. The number of nitrogens with zero attached hydrogens (tertiary/aromatic N) is 1. The second-order valence-corrected chi connectivity index (χ2v) is 1.60. The van der Waals surface area contributed by atoms with Crippen molar-refractivity contribution in [1.82, 2.24) is 0 Å². The van der Waals surface area contributed by atoms with E-state index in [0.717, 1.165) is 0 Å². The fourth-order valence-electron chi connectivity index (χ4n) is 0.0645. The Morgan fingerprint density at radius 2 is 2.50 bits per heavy atom. The molecule has 1 nitrogen and oxygen atoms in total. The smallest absolute Gasteiger partial charge is 0.106 e. The summed E-state index contributed by atoms with van der Waals surface area (Å²) in [6.07, 6.45) is 1.69. The van der Waals surface area contributed by atoms with E-state index in [1.807, 2.05) is 6.07 Å². The van der Waals surface area contributed by atoms with Gasteiger partial charge in [-0.15, -0.1) is 0 Å². The molecular weight excluding hydrogens is 142 g/mol. The van der Waals surface area contributed by atoms with Crippen LogP contribution in [0, 0.1) is 11.3 Å². The van der Waals surface area contributed by atoms with Crippen molar-refractivity contribution in [3.63, 3.8) is 0 Å². The predicted octanol–water partition coefficient (Wildman–Crippen LogP) is 1.81.